The second-order valence-electron chi connectivity index (χ2n) is 8.88. The molecule has 1 heterocycles. The van der Waals surface area contributed by atoms with Crippen LogP contribution in [-0.2, 0) is 4.74 Å². The monoisotopic (exact) mass is 392 g/mol. The lowest BCUT2D eigenvalue weighted by atomic mass is 9.88. The molecule has 1 amide bonds. The smallest absolute Gasteiger partial charge is 0.407 e. The zero-order chi connectivity index (χ0) is 20.2. The number of rotatable bonds is 6. The first-order valence-electron chi connectivity index (χ1n) is 10.9. The summed E-state index contributed by atoms with van der Waals surface area (Å²) < 4.78 is 5.66. The number of alkyl carbamates (subject to hydrolysis) is 1. The Balaban J connectivity index is 1.30. The molecule has 2 unspecified atom stereocenters. The number of nitrogens with one attached hydrogen (secondary N) is 2. The first-order valence-corrected chi connectivity index (χ1v) is 10.9. The van der Waals surface area contributed by atoms with Crippen molar-refractivity contribution in [2.45, 2.75) is 45.1 Å². The van der Waals surface area contributed by atoms with E-state index in [4.69, 9.17) is 4.74 Å². The zero-order valence-corrected chi connectivity index (χ0v) is 17.5. The quantitative estimate of drug-likeness (QED) is 0.732. The van der Waals surface area contributed by atoms with E-state index in [0.29, 0.717) is 31.0 Å². The van der Waals surface area contributed by atoms with Gasteiger partial charge in [0.1, 0.15) is 6.61 Å². The Labute approximate surface area is 174 Å². The van der Waals surface area contributed by atoms with Gasteiger partial charge in [0.05, 0.1) is 0 Å². The largest absolute Gasteiger partial charge is 0.449 e. The van der Waals surface area contributed by atoms with Gasteiger partial charge in [-0.1, -0.05) is 62.4 Å². The molecule has 4 rings (SSSR count). The highest BCUT2D eigenvalue weighted by molar-refractivity contribution is 5.79. The van der Waals surface area contributed by atoms with Gasteiger partial charge in [-0.3, -0.25) is 0 Å². The van der Waals surface area contributed by atoms with Crippen molar-refractivity contribution in [2.75, 3.05) is 19.7 Å². The van der Waals surface area contributed by atoms with Gasteiger partial charge in [0.2, 0.25) is 0 Å². The summed E-state index contributed by atoms with van der Waals surface area (Å²) in [6.07, 6.45) is 3.13. The Morgan fingerprint density at radius 3 is 2.41 bits per heavy atom. The summed E-state index contributed by atoms with van der Waals surface area (Å²) >= 11 is 0. The Hall–Kier alpha value is -2.33. The zero-order valence-electron chi connectivity index (χ0n) is 17.5. The van der Waals surface area contributed by atoms with Crippen molar-refractivity contribution in [1.29, 1.82) is 0 Å². The van der Waals surface area contributed by atoms with Crippen molar-refractivity contribution in [2.24, 2.45) is 11.8 Å². The minimum absolute atomic E-state index is 0.113. The average molecular weight is 393 g/mol. The van der Waals surface area contributed by atoms with Crippen molar-refractivity contribution < 1.29 is 9.53 Å². The van der Waals surface area contributed by atoms with E-state index in [1.54, 1.807) is 0 Å². The van der Waals surface area contributed by atoms with E-state index in [2.05, 4.69) is 73.0 Å². The maximum Gasteiger partial charge on any atom is 0.407 e. The van der Waals surface area contributed by atoms with Crippen LogP contribution in [-0.4, -0.2) is 31.8 Å². The molecule has 0 radical (unpaired) electrons. The van der Waals surface area contributed by atoms with Gasteiger partial charge < -0.3 is 15.4 Å². The molecule has 2 aromatic carbocycles. The van der Waals surface area contributed by atoms with E-state index in [-0.39, 0.29) is 12.0 Å². The van der Waals surface area contributed by atoms with E-state index in [9.17, 15) is 4.79 Å². The summed E-state index contributed by atoms with van der Waals surface area (Å²) in [5.74, 6) is 1.34. The molecule has 2 atom stereocenters. The minimum atomic E-state index is -0.300. The molecule has 1 aliphatic heterocycles. The van der Waals surface area contributed by atoms with Gasteiger partial charge in [0, 0.05) is 18.5 Å². The molecule has 4 nitrogen and oxygen atoms in total. The normalized spacial score (nSPS) is 20.9. The summed E-state index contributed by atoms with van der Waals surface area (Å²) in [6.45, 7) is 6.64. The van der Waals surface area contributed by atoms with Crippen LogP contribution in [0.25, 0.3) is 11.1 Å². The molecule has 0 bridgehead atoms. The predicted octanol–water partition coefficient (Wildman–Crippen LogP) is 4.94. The fourth-order valence-electron chi connectivity index (χ4n) is 4.91. The first kappa shape index (κ1) is 20.0. The molecular formula is C25H32N2O2. The summed E-state index contributed by atoms with van der Waals surface area (Å²) in [6, 6.07) is 17.4. The molecule has 0 saturated carbocycles. The molecule has 0 aromatic heterocycles. The van der Waals surface area contributed by atoms with E-state index in [1.807, 2.05) is 0 Å². The maximum absolute atomic E-state index is 12.4. The standard InChI is InChI=1S/C25H32N2O2/c1-17(2)13-19-14-18(11-12-26-19)15-27-25(28)29-16-24-22-9-5-3-7-20(22)21-8-4-6-10-23(21)24/h3-10,17-19,24,26H,11-16H2,1-2H3,(H,27,28). The number of piperidine rings is 1. The second kappa shape index (κ2) is 9.00. The summed E-state index contributed by atoms with van der Waals surface area (Å²) in [4.78, 5) is 12.4. The number of amides is 1. The molecule has 4 heteroatoms. The van der Waals surface area contributed by atoms with Crippen LogP contribution in [0.1, 0.15) is 50.2 Å². The number of hydrogen-bond donors (Lipinski definition) is 2. The van der Waals surface area contributed by atoms with Crippen LogP contribution in [0.15, 0.2) is 48.5 Å². The van der Waals surface area contributed by atoms with E-state index < -0.39 is 0 Å². The third-order valence-corrected chi connectivity index (χ3v) is 6.24. The Morgan fingerprint density at radius 2 is 1.76 bits per heavy atom. The van der Waals surface area contributed by atoms with Crippen LogP contribution in [0, 0.1) is 11.8 Å². The molecule has 1 saturated heterocycles. The predicted molar refractivity (Wildman–Crippen MR) is 117 cm³/mol. The number of fused-ring (bicyclic) bond motifs is 3. The summed E-state index contributed by atoms with van der Waals surface area (Å²) in [5, 5.41) is 6.61. The van der Waals surface area contributed by atoms with Crippen LogP contribution in [0.3, 0.4) is 0 Å². The van der Waals surface area contributed by atoms with Gasteiger partial charge in [-0.25, -0.2) is 4.79 Å². The molecular weight excluding hydrogens is 360 g/mol. The minimum Gasteiger partial charge on any atom is -0.449 e. The number of ether oxygens (including phenoxy) is 1. The third kappa shape index (κ3) is 4.64. The topological polar surface area (TPSA) is 50.4 Å². The van der Waals surface area contributed by atoms with E-state index >= 15 is 0 Å². The number of carbonyl (C=O) groups excluding carboxylic acids is 1. The van der Waals surface area contributed by atoms with Gasteiger partial charge in [0.25, 0.3) is 0 Å². The Bertz CT molecular complexity index is 803. The van der Waals surface area contributed by atoms with Gasteiger partial charge in [0.15, 0.2) is 0 Å². The lowest BCUT2D eigenvalue weighted by molar-refractivity contribution is 0.139. The highest BCUT2D eigenvalue weighted by Gasteiger charge is 2.29. The SMILES string of the molecule is CC(C)CC1CC(CNC(=O)OCC2c3ccccc3-c3ccccc32)CCN1. The fraction of sp³-hybridized carbons (Fsp3) is 0.480. The van der Waals surface area contributed by atoms with Gasteiger partial charge in [-0.2, -0.15) is 0 Å². The lowest BCUT2D eigenvalue weighted by Gasteiger charge is -2.31. The summed E-state index contributed by atoms with van der Waals surface area (Å²) in [5.41, 5.74) is 5.00. The van der Waals surface area contributed by atoms with Gasteiger partial charge in [-0.05, 0) is 59.9 Å². The molecule has 0 spiro atoms. The van der Waals surface area contributed by atoms with E-state index in [0.717, 1.165) is 19.4 Å². The lowest BCUT2D eigenvalue weighted by Crippen LogP contribution is -2.42. The first-order chi connectivity index (χ1) is 14.1. The van der Waals surface area contributed by atoms with Crippen molar-refractivity contribution in [3.63, 3.8) is 0 Å². The molecule has 29 heavy (non-hydrogen) atoms. The second-order valence-corrected chi connectivity index (χ2v) is 8.88. The molecule has 2 aliphatic rings. The third-order valence-electron chi connectivity index (χ3n) is 6.24. The van der Waals surface area contributed by atoms with Crippen molar-refractivity contribution >= 4 is 6.09 Å². The summed E-state index contributed by atoms with van der Waals surface area (Å²) in [7, 11) is 0. The molecule has 2 N–H and O–H groups in total. The highest BCUT2D eigenvalue weighted by Crippen LogP contribution is 2.44. The van der Waals surface area contributed by atoms with Crippen LogP contribution >= 0.6 is 0 Å². The average Bonchev–Trinajstić information content (AvgIpc) is 3.04. The maximum atomic E-state index is 12.4. The van der Waals surface area contributed by atoms with Crippen molar-refractivity contribution in [3.8, 4) is 11.1 Å². The number of benzene rings is 2. The molecule has 2 aromatic rings. The van der Waals surface area contributed by atoms with Crippen LogP contribution in [0.4, 0.5) is 4.79 Å². The van der Waals surface area contributed by atoms with Crippen LogP contribution in [0.2, 0.25) is 0 Å². The van der Waals surface area contributed by atoms with Crippen LogP contribution in [0.5, 0.6) is 0 Å². The Kier molecular flexibility index (Phi) is 6.19. The molecule has 1 fully saturated rings. The number of hydrogen-bond acceptors (Lipinski definition) is 3. The fourth-order valence-corrected chi connectivity index (χ4v) is 4.91. The van der Waals surface area contributed by atoms with Gasteiger partial charge in [-0.15, -0.1) is 0 Å². The highest BCUT2D eigenvalue weighted by atomic mass is 16.5. The van der Waals surface area contributed by atoms with Crippen LogP contribution < -0.4 is 10.6 Å². The van der Waals surface area contributed by atoms with Gasteiger partial charge >= 0.3 is 6.09 Å². The van der Waals surface area contributed by atoms with Crippen molar-refractivity contribution in [1.82, 2.24) is 10.6 Å². The van der Waals surface area contributed by atoms with E-state index in [1.165, 1.54) is 28.7 Å². The molecule has 154 valence electrons. The Morgan fingerprint density at radius 1 is 1.10 bits per heavy atom. The number of carbonyl (C=O) groups is 1. The molecule has 1 aliphatic carbocycles. The van der Waals surface area contributed by atoms with Crippen molar-refractivity contribution in [3.05, 3.63) is 59.7 Å².